The summed E-state index contributed by atoms with van der Waals surface area (Å²) in [6, 6.07) is 20.9. The lowest BCUT2D eigenvalue weighted by molar-refractivity contribution is 0.0600. The minimum Gasteiger partial charge on any atom is -0.465 e. The molecule has 0 aliphatic heterocycles. The molecule has 2 aromatic carbocycles. The van der Waals surface area contributed by atoms with Gasteiger partial charge in [-0.15, -0.1) is 0 Å². The van der Waals surface area contributed by atoms with Crippen molar-refractivity contribution in [1.82, 2.24) is 9.55 Å². The van der Waals surface area contributed by atoms with Crippen LogP contribution in [-0.4, -0.2) is 28.5 Å². The van der Waals surface area contributed by atoms with E-state index in [1.54, 1.807) is 42.6 Å². The zero-order chi connectivity index (χ0) is 21.8. The van der Waals surface area contributed by atoms with Crippen LogP contribution in [0.15, 0.2) is 83.8 Å². The summed E-state index contributed by atoms with van der Waals surface area (Å²) < 4.78 is 6.17. The molecule has 2 aromatic heterocycles. The molecule has 0 atom stereocenters. The highest BCUT2D eigenvalue weighted by molar-refractivity contribution is 6.05. The van der Waals surface area contributed by atoms with Gasteiger partial charge in [0.2, 0.25) is 0 Å². The molecule has 1 N–H and O–H groups in total. The highest BCUT2D eigenvalue weighted by atomic mass is 16.5. The van der Waals surface area contributed by atoms with Gasteiger partial charge in [-0.05, 0) is 48.0 Å². The zero-order valence-electron chi connectivity index (χ0n) is 16.7. The Kier molecular flexibility index (Phi) is 5.57. The fourth-order valence-electron chi connectivity index (χ4n) is 3.29. The first kappa shape index (κ1) is 20.0. The molecule has 7 nitrogen and oxygen atoms in total. The number of pyridine rings is 2. The van der Waals surface area contributed by atoms with E-state index in [9.17, 15) is 14.4 Å². The van der Waals surface area contributed by atoms with Crippen molar-refractivity contribution >= 4 is 28.6 Å². The molecule has 0 saturated carbocycles. The Hall–Kier alpha value is -4.26. The number of ether oxygens (including phenoxy) is 1. The molecule has 0 fully saturated rings. The highest BCUT2D eigenvalue weighted by Gasteiger charge is 2.17. The van der Waals surface area contributed by atoms with Crippen LogP contribution in [0.25, 0.3) is 11.0 Å². The van der Waals surface area contributed by atoms with Crippen molar-refractivity contribution in [2.75, 3.05) is 12.4 Å². The van der Waals surface area contributed by atoms with E-state index in [0.29, 0.717) is 28.8 Å². The fourth-order valence-corrected chi connectivity index (χ4v) is 3.29. The van der Waals surface area contributed by atoms with Crippen LogP contribution in [0.2, 0.25) is 0 Å². The number of carbonyl (C=O) groups is 2. The summed E-state index contributed by atoms with van der Waals surface area (Å²) in [5.74, 6) is -1.01. The molecule has 0 radical (unpaired) electrons. The number of hydrogen-bond donors (Lipinski definition) is 1. The van der Waals surface area contributed by atoms with Crippen LogP contribution in [0, 0.1) is 0 Å². The molecule has 7 heteroatoms. The summed E-state index contributed by atoms with van der Waals surface area (Å²) in [7, 11) is 1.30. The Balaban J connectivity index is 1.70. The van der Waals surface area contributed by atoms with Crippen molar-refractivity contribution in [3.63, 3.8) is 0 Å². The zero-order valence-corrected chi connectivity index (χ0v) is 16.7. The van der Waals surface area contributed by atoms with E-state index < -0.39 is 17.4 Å². The summed E-state index contributed by atoms with van der Waals surface area (Å²) in [5.41, 5.74) is 1.83. The monoisotopic (exact) mass is 413 g/mol. The van der Waals surface area contributed by atoms with Gasteiger partial charge in [0.1, 0.15) is 11.2 Å². The number of amides is 1. The van der Waals surface area contributed by atoms with Crippen molar-refractivity contribution in [2.45, 2.75) is 6.54 Å². The molecule has 0 aliphatic rings. The van der Waals surface area contributed by atoms with E-state index in [1.165, 1.54) is 11.7 Å². The largest absolute Gasteiger partial charge is 0.465 e. The lowest BCUT2D eigenvalue weighted by Gasteiger charge is -2.12. The van der Waals surface area contributed by atoms with Gasteiger partial charge in [0, 0.05) is 17.3 Å². The lowest BCUT2D eigenvalue weighted by Crippen LogP contribution is -2.30. The highest BCUT2D eigenvalue weighted by Crippen LogP contribution is 2.15. The number of benzene rings is 2. The van der Waals surface area contributed by atoms with E-state index in [0.717, 1.165) is 5.56 Å². The van der Waals surface area contributed by atoms with E-state index in [1.807, 2.05) is 36.4 Å². The average Bonchev–Trinajstić information content (AvgIpc) is 2.81. The number of aromatic nitrogens is 2. The first-order chi connectivity index (χ1) is 15.1. The average molecular weight is 413 g/mol. The standard InChI is InChI=1S/C24H19N3O4/c1-31-24(30)17-9-11-19(12-10-17)26-22(28)20-14-18-8-5-13-25-21(18)27(23(20)29)15-16-6-3-2-4-7-16/h2-14H,15H2,1H3,(H,26,28). The number of nitrogens with one attached hydrogen (secondary N) is 1. The molecule has 4 aromatic rings. The Bertz CT molecular complexity index is 1310. The molecule has 2 heterocycles. The van der Waals surface area contributed by atoms with E-state index in [-0.39, 0.29) is 5.56 Å². The van der Waals surface area contributed by atoms with Crippen LogP contribution in [0.5, 0.6) is 0 Å². The number of fused-ring (bicyclic) bond motifs is 1. The number of esters is 1. The first-order valence-corrected chi connectivity index (χ1v) is 9.59. The number of hydrogen-bond acceptors (Lipinski definition) is 5. The Morgan fingerprint density at radius 3 is 2.45 bits per heavy atom. The third-order valence-corrected chi connectivity index (χ3v) is 4.84. The summed E-state index contributed by atoms with van der Waals surface area (Å²) in [5, 5.41) is 3.40. The molecular formula is C24H19N3O4. The molecule has 0 aliphatic carbocycles. The molecule has 4 rings (SSSR count). The van der Waals surface area contributed by atoms with Crippen LogP contribution in [0.1, 0.15) is 26.3 Å². The molecule has 0 spiro atoms. The smallest absolute Gasteiger partial charge is 0.337 e. The lowest BCUT2D eigenvalue weighted by atomic mass is 10.1. The van der Waals surface area contributed by atoms with E-state index >= 15 is 0 Å². The predicted octanol–water partition coefficient (Wildman–Crippen LogP) is 3.48. The van der Waals surface area contributed by atoms with Gasteiger partial charge >= 0.3 is 5.97 Å². The van der Waals surface area contributed by atoms with Crippen LogP contribution < -0.4 is 10.9 Å². The van der Waals surface area contributed by atoms with Crippen LogP contribution in [0.4, 0.5) is 5.69 Å². The summed E-state index contributed by atoms with van der Waals surface area (Å²) in [4.78, 5) is 42.0. The Morgan fingerprint density at radius 2 is 1.74 bits per heavy atom. The fraction of sp³-hybridized carbons (Fsp3) is 0.0833. The number of anilines is 1. The van der Waals surface area contributed by atoms with Gasteiger partial charge < -0.3 is 10.1 Å². The van der Waals surface area contributed by atoms with Crippen molar-refractivity contribution in [2.24, 2.45) is 0 Å². The minimum absolute atomic E-state index is 0.00785. The normalized spacial score (nSPS) is 10.6. The number of rotatable bonds is 5. The van der Waals surface area contributed by atoms with Crippen molar-refractivity contribution < 1.29 is 14.3 Å². The molecule has 0 saturated heterocycles. The van der Waals surface area contributed by atoms with Crippen molar-refractivity contribution in [3.8, 4) is 0 Å². The molecule has 31 heavy (non-hydrogen) atoms. The van der Waals surface area contributed by atoms with Gasteiger partial charge in [-0.3, -0.25) is 14.2 Å². The summed E-state index contributed by atoms with van der Waals surface area (Å²) >= 11 is 0. The van der Waals surface area contributed by atoms with Gasteiger partial charge in [0.05, 0.1) is 19.2 Å². The quantitative estimate of drug-likeness (QED) is 0.506. The van der Waals surface area contributed by atoms with Gasteiger partial charge in [-0.2, -0.15) is 0 Å². The maximum Gasteiger partial charge on any atom is 0.337 e. The first-order valence-electron chi connectivity index (χ1n) is 9.59. The summed E-state index contributed by atoms with van der Waals surface area (Å²) in [6.45, 7) is 0.294. The number of methoxy groups -OCH3 is 1. The van der Waals surface area contributed by atoms with Gasteiger partial charge in [-0.1, -0.05) is 30.3 Å². The van der Waals surface area contributed by atoms with Crippen molar-refractivity contribution in [3.05, 3.63) is 106 Å². The second kappa shape index (κ2) is 8.62. The van der Waals surface area contributed by atoms with Gasteiger partial charge in [0.25, 0.3) is 11.5 Å². The molecular weight excluding hydrogens is 394 g/mol. The van der Waals surface area contributed by atoms with E-state index in [2.05, 4.69) is 15.0 Å². The number of nitrogens with zero attached hydrogens (tertiary/aromatic N) is 2. The Labute approximate surface area is 177 Å². The minimum atomic E-state index is -0.539. The van der Waals surface area contributed by atoms with Gasteiger partial charge in [-0.25, -0.2) is 9.78 Å². The maximum atomic E-state index is 13.2. The third kappa shape index (κ3) is 4.20. The maximum absolute atomic E-state index is 13.2. The van der Waals surface area contributed by atoms with Gasteiger partial charge in [0.15, 0.2) is 0 Å². The van der Waals surface area contributed by atoms with E-state index in [4.69, 9.17) is 0 Å². The molecule has 0 bridgehead atoms. The van der Waals surface area contributed by atoms with Crippen LogP contribution in [0.3, 0.4) is 0 Å². The van der Waals surface area contributed by atoms with Crippen molar-refractivity contribution in [1.29, 1.82) is 0 Å². The molecule has 0 unspecified atom stereocenters. The predicted molar refractivity (Wildman–Crippen MR) is 117 cm³/mol. The SMILES string of the molecule is COC(=O)c1ccc(NC(=O)c2cc3cccnc3n(Cc3ccccc3)c2=O)cc1. The Morgan fingerprint density at radius 1 is 1.00 bits per heavy atom. The number of carbonyl (C=O) groups excluding carboxylic acids is 2. The van der Waals surface area contributed by atoms with Crippen LogP contribution >= 0.6 is 0 Å². The second-order valence-electron chi connectivity index (χ2n) is 6.87. The molecule has 154 valence electrons. The third-order valence-electron chi connectivity index (χ3n) is 4.84. The second-order valence-corrected chi connectivity index (χ2v) is 6.87. The molecule has 1 amide bonds. The summed E-state index contributed by atoms with van der Waals surface area (Å²) in [6.07, 6.45) is 1.62. The topological polar surface area (TPSA) is 90.3 Å². The van der Waals surface area contributed by atoms with Crippen LogP contribution in [-0.2, 0) is 11.3 Å².